The van der Waals surface area contributed by atoms with Gasteiger partial charge in [-0.25, -0.2) is 9.97 Å². The highest BCUT2D eigenvalue weighted by atomic mass is 35.5. The van der Waals surface area contributed by atoms with Crippen molar-refractivity contribution >= 4 is 40.6 Å². The second-order valence-corrected chi connectivity index (χ2v) is 11.1. The van der Waals surface area contributed by atoms with E-state index >= 15 is 0 Å². The van der Waals surface area contributed by atoms with Crippen LogP contribution >= 0.6 is 23.2 Å². The second-order valence-electron chi connectivity index (χ2n) is 10.3. The van der Waals surface area contributed by atoms with E-state index in [0.717, 1.165) is 5.56 Å². The molecule has 1 N–H and O–H groups in total. The first-order chi connectivity index (χ1) is 19.1. The highest BCUT2D eigenvalue weighted by molar-refractivity contribution is 6.31. The van der Waals surface area contributed by atoms with Crippen molar-refractivity contribution in [2.75, 3.05) is 19.5 Å². The van der Waals surface area contributed by atoms with Gasteiger partial charge in [-0.1, -0.05) is 35.3 Å². The van der Waals surface area contributed by atoms with Gasteiger partial charge in [0, 0.05) is 27.8 Å². The van der Waals surface area contributed by atoms with Crippen molar-refractivity contribution in [2.24, 2.45) is 0 Å². The Morgan fingerprint density at radius 2 is 1.75 bits per heavy atom. The fraction of sp³-hybridized carbons (Fsp3) is 0.267. The van der Waals surface area contributed by atoms with Crippen LogP contribution in [0.1, 0.15) is 58.7 Å². The summed E-state index contributed by atoms with van der Waals surface area (Å²) in [6.45, 7) is 5.89. The lowest BCUT2D eigenvalue weighted by atomic mass is 9.68. The molecule has 204 valence electrons. The van der Waals surface area contributed by atoms with Crippen LogP contribution in [0.3, 0.4) is 0 Å². The minimum absolute atomic E-state index is 0.192. The van der Waals surface area contributed by atoms with E-state index in [4.69, 9.17) is 37.7 Å². The average molecular weight is 577 g/mol. The van der Waals surface area contributed by atoms with Crippen molar-refractivity contribution in [3.63, 3.8) is 0 Å². The largest absolute Gasteiger partial charge is 0.494 e. The fourth-order valence-corrected chi connectivity index (χ4v) is 6.49. The molecule has 0 radical (unpaired) electrons. The molecule has 0 saturated carbocycles. The number of aromatic nitrogens is 3. The lowest BCUT2D eigenvalue weighted by Gasteiger charge is -2.33. The van der Waals surface area contributed by atoms with Gasteiger partial charge in [-0.15, -0.1) is 0 Å². The van der Waals surface area contributed by atoms with Crippen LogP contribution < -0.4 is 14.8 Å². The van der Waals surface area contributed by atoms with Crippen molar-refractivity contribution in [2.45, 2.75) is 38.1 Å². The lowest BCUT2D eigenvalue weighted by molar-refractivity contribution is -0.120. The third kappa shape index (κ3) is 3.52. The van der Waals surface area contributed by atoms with Gasteiger partial charge in [0.1, 0.15) is 22.7 Å². The number of anilines is 1. The summed E-state index contributed by atoms with van der Waals surface area (Å²) in [7, 11) is 3.06. The Balaban J connectivity index is 1.74. The standard InChI is InChI=1S/C30H26Cl2N4O4/c1-14(2)36-27-25(35-28(36)19-12-23(40-5)33-13-22(19)39-4)26(37)24(18-10-16(31)7-6-15(18)3)30(27)20-9-8-17(32)11-21(20)34-29(30)38/h6-14,24H,1-5H3,(H,34,38). The number of hydrogen-bond acceptors (Lipinski definition) is 6. The molecule has 1 aliphatic heterocycles. The monoisotopic (exact) mass is 576 g/mol. The molecule has 2 aliphatic rings. The first kappa shape index (κ1) is 26.3. The first-order valence-corrected chi connectivity index (χ1v) is 13.5. The lowest BCUT2D eigenvalue weighted by Crippen LogP contribution is -2.42. The molecule has 2 aromatic carbocycles. The van der Waals surface area contributed by atoms with E-state index < -0.39 is 11.3 Å². The van der Waals surface area contributed by atoms with Crippen molar-refractivity contribution in [3.8, 4) is 23.0 Å². The van der Waals surface area contributed by atoms with Crippen molar-refractivity contribution in [3.05, 3.63) is 86.8 Å². The Labute approximate surface area is 241 Å². The Morgan fingerprint density at radius 3 is 2.45 bits per heavy atom. The van der Waals surface area contributed by atoms with E-state index in [1.165, 1.54) is 7.11 Å². The number of nitrogens with one attached hydrogen (secondary N) is 1. The number of carbonyl (C=O) groups excluding carboxylic acids is 2. The molecule has 1 spiro atoms. The van der Waals surface area contributed by atoms with Gasteiger partial charge in [0.25, 0.3) is 0 Å². The zero-order valence-electron chi connectivity index (χ0n) is 22.5. The van der Waals surface area contributed by atoms with Gasteiger partial charge in [-0.3, -0.25) is 9.59 Å². The number of amides is 1. The number of fused-ring (bicyclic) bond motifs is 4. The number of ether oxygens (including phenoxy) is 2. The van der Waals surface area contributed by atoms with E-state index in [9.17, 15) is 9.59 Å². The zero-order valence-corrected chi connectivity index (χ0v) is 24.0. The molecule has 2 aromatic heterocycles. The van der Waals surface area contributed by atoms with Crippen LogP contribution in [0.15, 0.2) is 48.7 Å². The number of aryl methyl sites for hydroxylation is 1. The molecule has 8 nitrogen and oxygen atoms in total. The number of benzene rings is 2. The van der Waals surface area contributed by atoms with Crippen molar-refractivity contribution in [1.82, 2.24) is 14.5 Å². The SMILES string of the molecule is COc1cc(-c2nc3c(n2C(C)C)C2(C(=O)Nc4cc(Cl)ccc42)C(c2cc(Cl)ccc2C)C3=O)c(OC)cn1. The van der Waals surface area contributed by atoms with Gasteiger partial charge in [-0.05, 0) is 61.7 Å². The molecule has 1 aliphatic carbocycles. The van der Waals surface area contributed by atoms with Gasteiger partial charge < -0.3 is 19.4 Å². The van der Waals surface area contributed by atoms with Crippen LogP contribution in [0.4, 0.5) is 5.69 Å². The Kier molecular flexibility index (Phi) is 6.16. The third-order valence-corrected chi connectivity index (χ3v) is 8.28. The van der Waals surface area contributed by atoms with Crippen molar-refractivity contribution in [1.29, 1.82) is 0 Å². The zero-order chi connectivity index (χ0) is 28.5. The normalized spacial score (nSPS) is 19.2. The van der Waals surface area contributed by atoms with E-state index in [1.54, 1.807) is 43.6 Å². The highest BCUT2D eigenvalue weighted by Gasteiger charge is 2.65. The molecule has 10 heteroatoms. The number of nitrogens with zero attached hydrogens (tertiary/aromatic N) is 3. The number of hydrogen-bond donors (Lipinski definition) is 1. The Bertz CT molecular complexity index is 1730. The maximum atomic E-state index is 14.5. The summed E-state index contributed by atoms with van der Waals surface area (Å²) in [5.41, 5.74) is 2.65. The predicted molar refractivity (Wildman–Crippen MR) is 153 cm³/mol. The molecule has 2 unspecified atom stereocenters. The van der Waals surface area contributed by atoms with Crippen molar-refractivity contribution < 1.29 is 19.1 Å². The second kappa shape index (κ2) is 9.35. The molecular weight excluding hydrogens is 551 g/mol. The molecule has 1 amide bonds. The predicted octanol–water partition coefficient (Wildman–Crippen LogP) is 6.38. The number of pyridine rings is 1. The van der Waals surface area contributed by atoms with Gasteiger partial charge in [0.05, 0.1) is 37.6 Å². The van der Waals surface area contributed by atoms with Gasteiger partial charge >= 0.3 is 0 Å². The van der Waals surface area contributed by atoms with Crippen LogP contribution in [0.25, 0.3) is 11.4 Å². The summed E-state index contributed by atoms with van der Waals surface area (Å²) < 4.78 is 13.0. The summed E-state index contributed by atoms with van der Waals surface area (Å²) in [6.07, 6.45) is 1.55. The smallest absolute Gasteiger partial charge is 0.242 e. The molecule has 4 aromatic rings. The quantitative estimate of drug-likeness (QED) is 0.296. The summed E-state index contributed by atoms with van der Waals surface area (Å²) in [6, 6.07) is 12.2. The summed E-state index contributed by atoms with van der Waals surface area (Å²) >= 11 is 12.8. The maximum Gasteiger partial charge on any atom is 0.242 e. The number of Topliss-reactive ketones (excluding diaryl/α,β-unsaturated/α-hetero) is 1. The van der Waals surface area contributed by atoms with Crippen LogP contribution in [0.5, 0.6) is 11.6 Å². The number of rotatable bonds is 5. The van der Waals surface area contributed by atoms with Gasteiger partial charge in [0.15, 0.2) is 5.78 Å². The summed E-state index contributed by atoms with van der Waals surface area (Å²) in [5, 5.41) is 3.97. The third-order valence-electron chi connectivity index (χ3n) is 7.81. The molecule has 2 atom stereocenters. The average Bonchev–Trinajstić information content (AvgIpc) is 3.53. The topological polar surface area (TPSA) is 95.3 Å². The molecular formula is C30H26Cl2N4O4. The Morgan fingerprint density at radius 1 is 1.02 bits per heavy atom. The van der Waals surface area contributed by atoms with Crippen LogP contribution in [0.2, 0.25) is 10.0 Å². The van der Waals surface area contributed by atoms with E-state index in [-0.39, 0.29) is 23.4 Å². The molecule has 0 fully saturated rings. The first-order valence-electron chi connectivity index (χ1n) is 12.8. The molecule has 0 saturated heterocycles. The fourth-order valence-electron chi connectivity index (χ4n) is 6.14. The molecule has 0 bridgehead atoms. The minimum atomic E-state index is -1.42. The van der Waals surface area contributed by atoms with Crippen LogP contribution in [0, 0.1) is 6.92 Å². The van der Waals surface area contributed by atoms with E-state index in [1.807, 2.05) is 37.5 Å². The van der Waals surface area contributed by atoms with Crippen LogP contribution in [-0.2, 0) is 10.2 Å². The molecule has 40 heavy (non-hydrogen) atoms. The highest BCUT2D eigenvalue weighted by Crippen LogP contribution is 2.59. The van der Waals surface area contributed by atoms with Crippen LogP contribution in [-0.4, -0.2) is 40.4 Å². The van der Waals surface area contributed by atoms with E-state index in [0.29, 0.717) is 55.6 Å². The number of imidazole rings is 1. The van der Waals surface area contributed by atoms with E-state index in [2.05, 4.69) is 10.3 Å². The number of methoxy groups -OCH3 is 2. The number of halogens is 2. The minimum Gasteiger partial charge on any atom is -0.494 e. The Hall–Kier alpha value is -3.88. The summed E-state index contributed by atoms with van der Waals surface area (Å²) in [5.74, 6) is -0.187. The van der Waals surface area contributed by atoms with Gasteiger partial charge in [0.2, 0.25) is 11.8 Å². The van der Waals surface area contributed by atoms with Gasteiger partial charge in [-0.2, -0.15) is 0 Å². The number of carbonyl (C=O) groups is 2. The number of ketones is 1. The summed E-state index contributed by atoms with van der Waals surface area (Å²) in [4.78, 5) is 38.1. The molecule has 6 rings (SSSR count). The maximum absolute atomic E-state index is 14.5. The molecule has 3 heterocycles.